The number of carbonyl (C=O) groups excluding carboxylic acids is 4. The van der Waals surface area contributed by atoms with E-state index >= 15 is 0 Å². The number of amides is 1. The molecule has 10 atom stereocenters. The standard InChI is InChI=1S/C51H77NO11/c1-9-38-21-15-11-13-19-33(2)18-12-10-14-20-37(6)51(60,61)48(56)49(57)52-27-17-23-41(44(52)50(58)59)31-40(30-39-22-16-24-42(32-39)62-7)25-26-43(53)34(3)28-35(4)45(54)47(63-8)46(55)36(5)29-38/h9,11,13,15,19,21,28,31,34,36-40,42,44-45,47,54,60-61H,1,10,12,14,16-18,20,22-27,29-30,32H2,2-8H3,(H,58,59)/b13-11+,21-15+,33-19+,35-28+,41-31-/t34-,36-,37-,38-,39+,40+,42+,44+,45-,47-/m1/s1. The van der Waals surface area contributed by atoms with Crippen molar-refractivity contribution in [2.24, 2.45) is 35.5 Å². The lowest BCUT2D eigenvalue weighted by molar-refractivity contribution is -0.205. The second kappa shape index (κ2) is 26.2. The molecule has 1 aliphatic carbocycles. The summed E-state index contributed by atoms with van der Waals surface area (Å²) in [4.78, 5) is 68.7. The number of carboxylic acids is 1. The number of ether oxygens (including phenoxy) is 2. The first-order valence-corrected chi connectivity index (χ1v) is 23.2. The van der Waals surface area contributed by atoms with Gasteiger partial charge in [-0.3, -0.25) is 19.2 Å². The zero-order valence-electron chi connectivity index (χ0n) is 39.0. The molecule has 2 heterocycles. The summed E-state index contributed by atoms with van der Waals surface area (Å²) in [6.07, 6.45) is 22.1. The van der Waals surface area contributed by atoms with E-state index in [0.717, 1.165) is 55.4 Å². The van der Waals surface area contributed by atoms with Crippen LogP contribution in [0.5, 0.6) is 0 Å². The molecule has 0 radical (unpaired) electrons. The van der Waals surface area contributed by atoms with Crippen molar-refractivity contribution >= 4 is 29.2 Å². The van der Waals surface area contributed by atoms with E-state index in [1.165, 1.54) is 14.0 Å². The fourth-order valence-electron chi connectivity index (χ4n) is 9.43. The van der Waals surface area contributed by atoms with Crippen molar-refractivity contribution in [3.05, 3.63) is 71.9 Å². The van der Waals surface area contributed by atoms with Crippen LogP contribution in [0.4, 0.5) is 0 Å². The van der Waals surface area contributed by atoms with Crippen molar-refractivity contribution in [3.63, 3.8) is 0 Å². The van der Waals surface area contributed by atoms with Gasteiger partial charge < -0.3 is 34.8 Å². The van der Waals surface area contributed by atoms with E-state index in [4.69, 9.17) is 9.47 Å². The Labute approximate surface area is 376 Å². The topological polar surface area (TPSA) is 188 Å². The number of ketones is 3. The lowest BCUT2D eigenvalue weighted by Crippen LogP contribution is -2.58. The third kappa shape index (κ3) is 16.0. The van der Waals surface area contributed by atoms with Crippen LogP contribution in [0.25, 0.3) is 0 Å². The van der Waals surface area contributed by atoms with Gasteiger partial charge in [0.15, 0.2) is 11.8 Å². The van der Waals surface area contributed by atoms with Crippen molar-refractivity contribution in [2.45, 2.75) is 161 Å². The van der Waals surface area contributed by atoms with Gasteiger partial charge in [-0.25, -0.2) is 4.79 Å². The molecule has 3 aliphatic rings. The SMILES string of the molecule is C=C[C@@H]1/C=C/C=C/C=C(\C)CCCCC[C@@H](C)C(O)(O)C(=O)C(=O)N2CCC/C(=C/[C@H](C[C@@H]3CCC[C@H](OC)C3)CCC(=O)[C@H](C)/C=C(\C)[C@@H](O)[C@@H](OC)C(=O)[C@H](C)C1)[C@H]2C(=O)O. The van der Waals surface area contributed by atoms with Gasteiger partial charge >= 0.3 is 5.97 Å². The number of methoxy groups -OCH3 is 2. The van der Waals surface area contributed by atoms with E-state index in [2.05, 4.69) is 6.58 Å². The Bertz CT molecular complexity index is 1720. The summed E-state index contributed by atoms with van der Waals surface area (Å²) >= 11 is 0. The second-order valence-corrected chi connectivity index (χ2v) is 18.6. The highest BCUT2D eigenvalue weighted by molar-refractivity contribution is 6.39. The number of Topliss-reactive ketones (excluding diaryl/α,β-unsaturated/α-hetero) is 3. The average Bonchev–Trinajstić information content (AvgIpc) is 3.26. The summed E-state index contributed by atoms with van der Waals surface area (Å²) in [6.45, 7) is 12.7. The normalized spacial score (nSPS) is 35.9. The van der Waals surface area contributed by atoms with Gasteiger partial charge in [0.2, 0.25) is 5.79 Å². The molecular weight excluding hydrogens is 803 g/mol. The highest BCUT2D eigenvalue weighted by Gasteiger charge is 2.48. The molecule has 0 aromatic heterocycles. The summed E-state index contributed by atoms with van der Waals surface area (Å²) in [5, 5.41) is 44.1. The Kier molecular flexibility index (Phi) is 22.3. The third-order valence-corrected chi connectivity index (χ3v) is 13.5. The number of hydrogen-bond acceptors (Lipinski definition) is 10. The minimum atomic E-state index is -2.97. The minimum absolute atomic E-state index is 0.0399. The molecule has 12 nitrogen and oxygen atoms in total. The number of carboxylic acid groups (broad SMARTS) is 1. The number of rotatable bonds is 6. The van der Waals surface area contributed by atoms with Crippen LogP contribution in [0.15, 0.2) is 71.9 Å². The number of aliphatic hydroxyl groups is 3. The maximum atomic E-state index is 13.8. The summed E-state index contributed by atoms with van der Waals surface area (Å²) in [5.74, 6) is -9.47. The molecule has 4 N–H and O–H groups in total. The number of carbonyl (C=O) groups is 5. The summed E-state index contributed by atoms with van der Waals surface area (Å²) in [6, 6.07) is -1.48. The summed E-state index contributed by atoms with van der Waals surface area (Å²) in [7, 11) is 3.08. The van der Waals surface area contributed by atoms with E-state index in [1.807, 2.05) is 50.3 Å². The number of nitrogens with zero attached hydrogens (tertiary/aromatic N) is 1. The molecular formula is C51H77NO11. The van der Waals surface area contributed by atoms with E-state index in [1.54, 1.807) is 33.1 Å². The smallest absolute Gasteiger partial charge is 0.330 e. The van der Waals surface area contributed by atoms with Crippen LogP contribution in [0.1, 0.15) is 131 Å². The van der Waals surface area contributed by atoms with Crippen LogP contribution in [0.3, 0.4) is 0 Å². The summed E-state index contributed by atoms with van der Waals surface area (Å²) in [5.41, 5.74) is 2.02. The number of piperidine rings is 1. The van der Waals surface area contributed by atoms with E-state index in [9.17, 15) is 44.4 Å². The first-order valence-electron chi connectivity index (χ1n) is 23.2. The molecule has 0 unspecified atom stereocenters. The molecule has 12 heteroatoms. The molecule has 0 spiro atoms. The Morgan fingerprint density at radius 3 is 2.27 bits per heavy atom. The maximum Gasteiger partial charge on any atom is 0.330 e. The monoisotopic (exact) mass is 880 g/mol. The van der Waals surface area contributed by atoms with Crippen LogP contribution >= 0.6 is 0 Å². The molecule has 352 valence electrons. The Hall–Kier alpha value is -3.81. The molecule has 0 aromatic carbocycles. The summed E-state index contributed by atoms with van der Waals surface area (Å²) < 4.78 is 11.3. The molecule has 63 heavy (non-hydrogen) atoms. The molecule has 2 aliphatic heterocycles. The van der Waals surface area contributed by atoms with Gasteiger partial charge in [-0.05, 0) is 107 Å². The van der Waals surface area contributed by atoms with Gasteiger partial charge in [0.05, 0.1) is 6.10 Å². The highest BCUT2D eigenvalue weighted by atomic mass is 16.5. The maximum absolute atomic E-state index is 13.8. The molecule has 1 saturated heterocycles. The van der Waals surface area contributed by atoms with Gasteiger partial charge in [-0.2, -0.15) is 0 Å². The van der Waals surface area contributed by atoms with Crippen molar-refractivity contribution in [1.29, 1.82) is 0 Å². The quantitative estimate of drug-likeness (QED) is 0.116. The van der Waals surface area contributed by atoms with Gasteiger partial charge in [-0.1, -0.05) is 101 Å². The number of hydrogen-bond donors (Lipinski definition) is 4. The van der Waals surface area contributed by atoms with Crippen LogP contribution in [-0.2, 0) is 33.4 Å². The second-order valence-electron chi connectivity index (χ2n) is 18.6. The largest absolute Gasteiger partial charge is 0.479 e. The van der Waals surface area contributed by atoms with E-state index in [-0.39, 0.29) is 54.8 Å². The lowest BCUT2D eigenvalue weighted by Gasteiger charge is -2.37. The van der Waals surface area contributed by atoms with Crippen molar-refractivity contribution in [2.75, 3.05) is 20.8 Å². The molecule has 1 amide bonds. The van der Waals surface area contributed by atoms with Gasteiger partial charge in [0, 0.05) is 44.9 Å². The predicted octanol–water partition coefficient (Wildman–Crippen LogP) is 7.81. The fourth-order valence-corrected chi connectivity index (χ4v) is 9.43. The van der Waals surface area contributed by atoms with E-state index in [0.29, 0.717) is 49.7 Å². The molecule has 0 aromatic rings. The fraction of sp³-hybridized carbons (Fsp3) is 0.667. The minimum Gasteiger partial charge on any atom is -0.479 e. The van der Waals surface area contributed by atoms with Crippen LogP contribution in [0, 0.1) is 35.5 Å². The first-order chi connectivity index (χ1) is 29.8. The first kappa shape index (κ1) is 53.5. The third-order valence-electron chi connectivity index (χ3n) is 13.5. The molecule has 2 fully saturated rings. The lowest BCUT2D eigenvalue weighted by atomic mass is 9.78. The van der Waals surface area contributed by atoms with Gasteiger partial charge in [-0.15, -0.1) is 6.58 Å². The number of allylic oxidation sites excluding steroid dienone is 9. The molecule has 1 saturated carbocycles. The average molecular weight is 880 g/mol. The molecule has 2 bridgehead atoms. The van der Waals surface area contributed by atoms with Gasteiger partial charge in [0.25, 0.3) is 11.7 Å². The van der Waals surface area contributed by atoms with Crippen molar-refractivity contribution in [3.8, 4) is 0 Å². The number of aliphatic carboxylic acids is 1. The van der Waals surface area contributed by atoms with Crippen molar-refractivity contribution in [1.82, 2.24) is 4.90 Å². The van der Waals surface area contributed by atoms with Crippen LogP contribution in [-0.4, -0.2) is 105 Å². The van der Waals surface area contributed by atoms with Gasteiger partial charge in [0.1, 0.15) is 18.0 Å². The Morgan fingerprint density at radius 1 is 0.873 bits per heavy atom. The molecule has 3 rings (SSSR count). The zero-order valence-corrected chi connectivity index (χ0v) is 39.0. The van der Waals surface area contributed by atoms with Crippen molar-refractivity contribution < 1.29 is 53.9 Å². The van der Waals surface area contributed by atoms with E-state index < -0.39 is 59.5 Å². The van der Waals surface area contributed by atoms with Crippen LogP contribution < -0.4 is 0 Å². The van der Waals surface area contributed by atoms with Crippen LogP contribution in [0.2, 0.25) is 0 Å². The number of aliphatic hydroxyl groups excluding tert-OH is 1. The highest BCUT2D eigenvalue weighted by Crippen LogP contribution is 2.36. The Balaban J connectivity index is 1.99. The Morgan fingerprint density at radius 2 is 1.60 bits per heavy atom. The zero-order chi connectivity index (χ0) is 46.9. The predicted molar refractivity (Wildman–Crippen MR) is 244 cm³/mol. The number of fused-ring (bicyclic) bond motifs is 2.